The number of hydrogen-bond donors (Lipinski definition) is 2. The molecule has 1 aromatic carbocycles. The summed E-state index contributed by atoms with van der Waals surface area (Å²) in [6, 6.07) is 11.8. The van der Waals surface area contributed by atoms with Crippen molar-refractivity contribution in [1.29, 1.82) is 0 Å². The van der Waals surface area contributed by atoms with Crippen molar-refractivity contribution in [3.8, 4) is 11.3 Å². The lowest BCUT2D eigenvalue weighted by Gasteiger charge is -2.05. The number of furan rings is 1. The van der Waals surface area contributed by atoms with E-state index >= 15 is 0 Å². The number of benzene rings is 1. The van der Waals surface area contributed by atoms with Crippen LogP contribution >= 0.6 is 0 Å². The molecule has 0 amide bonds. The molecule has 0 bridgehead atoms. The lowest BCUT2D eigenvalue weighted by Crippen LogP contribution is -2.12. The highest BCUT2D eigenvalue weighted by Gasteiger charge is 2.06. The summed E-state index contributed by atoms with van der Waals surface area (Å²) in [5.74, 6) is 1.81. The maximum Gasteiger partial charge on any atom is 0.134 e. The molecule has 1 atom stereocenters. The van der Waals surface area contributed by atoms with Crippen LogP contribution < -0.4 is 5.32 Å². The van der Waals surface area contributed by atoms with E-state index in [9.17, 15) is 5.11 Å². The molecule has 0 aliphatic rings. The first-order valence-corrected chi connectivity index (χ1v) is 6.78. The van der Waals surface area contributed by atoms with E-state index in [1.54, 1.807) is 6.92 Å². The van der Waals surface area contributed by atoms with Crippen LogP contribution in [0.1, 0.15) is 37.7 Å². The molecule has 1 unspecified atom stereocenters. The Morgan fingerprint density at radius 3 is 2.53 bits per heavy atom. The molecule has 0 aliphatic carbocycles. The summed E-state index contributed by atoms with van der Waals surface area (Å²) < 4.78 is 5.79. The molecule has 0 fully saturated rings. The van der Waals surface area contributed by atoms with Crippen molar-refractivity contribution >= 4 is 0 Å². The fourth-order valence-electron chi connectivity index (χ4n) is 1.94. The van der Waals surface area contributed by atoms with Crippen LogP contribution in [0.3, 0.4) is 0 Å². The first-order valence-electron chi connectivity index (χ1n) is 6.78. The molecular weight excluding hydrogens is 238 g/mol. The van der Waals surface area contributed by atoms with Gasteiger partial charge in [-0.3, -0.25) is 0 Å². The topological polar surface area (TPSA) is 45.4 Å². The van der Waals surface area contributed by atoms with Gasteiger partial charge in [0, 0.05) is 5.56 Å². The van der Waals surface area contributed by atoms with Crippen molar-refractivity contribution in [1.82, 2.24) is 5.32 Å². The first-order chi connectivity index (χ1) is 9.20. The highest BCUT2D eigenvalue weighted by molar-refractivity contribution is 5.58. The molecule has 0 radical (unpaired) electrons. The Hall–Kier alpha value is -1.58. The van der Waals surface area contributed by atoms with Gasteiger partial charge < -0.3 is 14.8 Å². The Balaban J connectivity index is 2.05. The highest BCUT2D eigenvalue weighted by atomic mass is 16.3. The van der Waals surface area contributed by atoms with Crippen molar-refractivity contribution in [2.45, 2.75) is 32.9 Å². The smallest absolute Gasteiger partial charge is 0.134 e. The molecule has 3 heteroatoms. The van der Waals surface area contributed by atoms with Crippen LogP contribution in [0.2, 0.25) is 0 Å². The van der Waals surface area contributed by atoms with Gasteiger partial charge in [0.15, 0.2) is 0 Å². The molecule has 2 aromatic rings. The second-order valence-electron chi connectivity index (χ2n) is 4.74. The van der Waals surface area contributed by atoms with Crippen molar-refractivity contribution in [2.24, 2.45) is 0 Å². The summed E-state index contributed by atoms with van der Waals surface area (Å²) in [5.41, 5.74) is 1.95. The molecule has 1 aromatic heterocycles. The number of nitrogens with one attached hydrogen (secondary N) is 1. The van der Waals surface area contributed by atoms with Crippen molar-refractivity contribution in [2.75, 3.05) is 6.54 Å². The molecular formula is C16H21NO2. The van der Waals surface area contributed by atoms with Gasteiger partial charge >= 0.3 is 0 Å². The van der Waals surface area contributed by atoms with E-state index in [1.165, 1.54) is 0 Å². The number of aliphatic hydroxyl groups is 1. The Labute approximate surface area is 114 Å². The SMILES string of the molecule is CCCNCc1ccc(-c2ccc(C(C)O)cc2)o1. The van der Waals surface area contributed by atoms with E-state index in [-0.39, 0.29) is 0 Å². The van der Waals surface area contributed by atoms with Crippen LogP contribution in [-0.2, 0) is 6.54 Å². The van der Waals surface area contributed by atoms with Gasteiger partial charge in [-0.1, -0.05) is 31.2 Å². The standard InChI is InChI=1S/C16H21NO2/c1-3-10-17-11-15-8-9-16(19-15)14-6-4-13(5-7-14)12(2)18/h4-9,12,17-18H,3,10-11H2,1-2H3. The molecule has 2 N–H and O–H groups in total. The molecule has 0 saturated heterocycles. The zero-order chi connectivity index (χ0) is 13.7. The van der Waals surface area contributed by atoms with Gasteiger partial charge in [-0.05, 0) is 37.6 Å². The van der Waals surface area contributed by atoms with Crippen LogP contribution in [0, 0.1) is 0 Å². The number of aliphatic hydroxyl groups excluding tert-OH is 1. The second kappa shape index (κ2) is 6.55. The van der Waals surface area contributed by atoms with Gasteiger partial charge in [0.25, 0.3) is 0 Å². The summed E-state index contributed by atoms with van der Waals surface area (Å²) in [4.78, 5) is 0. The molecule has 0 spiro atoms. The third kappa shape index (κ3) is 3.69. The van der Waals surface area contributed by atoms with Crippen molar-refractivity contribution < 1.29 is 9.52 Å². The van der Waals surface area contributed by atoms with Crippen molar-refractivity contribution in [3.05, 3.63) is 47.7 Å². The van der Waals surface area contributed by atoms with Gasteiger partial charge in [-0.2, -0.15) is 0 Å². The molecule has 102 valence electrons. The Bertz CT molecular complexity index is 500. The largest absolute Gasteiger partial charge is 0.460 e. The van der Waals surface area contributed by atoms with E-state index in [1.807, 2.05) is 36.4 Å². The third-order valence-corrected chi connectivity index (χ3v) is 3.07. The highest BCUT2D eigenvalue weighted by Crippen LogP contribution is 2.24. The summed E-state index contributed by atoms with van der Waals surface area (Å²) in [5, 5.41) is 12.8. The fraction of sp³-hybridized carbons (Fsp3) is 0.375. The Kier molecular flexibility index (Phi) is 4.77. The van der Waals surface area contributed by atoms with Crippen LogP contribution in [0.15, 0.2) is 40.8 Å². The molecule has 19 heavy (non-hydrogen) atoms. The minimum Gasteiger partial charge on any atom is -0.460 e. The number of hydrogen-bond acceptors (Lipinski definition) is 3. The fourth-order valence-corrected chi connectivity index (χ4v) is 1.94. The molecule has 1 heterocycles. The first kappa shape index (κ1) is 13.8. The average Bonchev–Trinajstić information content (AvgIpc) is 2.88. The summed E-state index contributed by atoms with van der Waals surface area (Å²) in [7, 11) is 0. The summed E-state index contributed by atoms with van der Waals surface area (Å²) in [6.45, 7) is 5.67. The van der Waals surface area contributed by atoms with Crippen LogP contribution in [-0.4, -0.2) is 11.7 Å². The Morgan fingerprint density at radius 2 is 1.89 bits per heavy atom. The van der Waals surface area contributed by atoms with Gasteiger partial charge in [-0.15, -0.1) is 0 Å². The minimum absolute atomic E-state index is 0.431. The predicted octanol–water partition coefficient (Wildman–Crippen LogP) is 3.50. The summed E-state index contributed by atoms with van der Waals surface area (Å²) in [6.07, 6.45) is 0.688. The van der Waals surface area contributed by atoms with Crippen LogP contribution in [0.4, 0.5) is 0 Å². The molecule has 0 aliphatic heterocycles. The lowest BCUT2D eigenvalue weighted by atomic mass is 10.1. The third-order valence-electron chi connectivity index (χ3n) is 3.07. The number of rotatable bonds is 6. The van der Waals surface area contributed by atoms with Crippen LogP contribution in [0.25, 0.3) is 11.3 Å². The molecule has 0 saturated carbocycles. The molecule has 3 nitrogen and oxygen atoms in total. The van der Waals surface area contributed by atoms with Crippen molar-refractivity contribution in [3.63, 3.8) is 0 Å². The van der Waals surface area contributed by atoms with Gasteiger partial charge in [0.1, 0.15) is 11.5 Å². The quantitative estimate of drug-likeness (QED) is 0.780. The minimum atomic E-state index is -0.431. The normalized spacial score (nSPS) is 12.6. The average molecular weight is 259 g/mol. The van der Waals surface area contributed by atoms with Gasteiger partial charge in [0.05, 0.1) is 12.6 Å². The Morgan fingerprint density at radius 1 is 1.16 bits per heavy atom. The van der Waals surface area contributed by atoms with E-state index in [0.717, 1.165) is 42.2 Å². The summed E-state index contributed by atoms with van der Waals surface area (Å²) >= 11 is 0. The van der Waals surface area contributed by atoms with Crippen LogP contribution in [0.5, 0.6) is 0 Å². The van der Waals surface area contributed by atoms with E-state index in [2.05, 4.69) is 12.2 Å². The van der Waals surface area contributed by atoms with Gasteiger partial charge in [0.2, 0.25) is 0 Å². The monoisotopic (exact) mass is 259 g/mol. The van der Waals surface area contributed by atoms with Gasteiger partial charge in [-0.25, -0.2) is 0 Å². The molecule has 2 rings (SSSR count). The zero-order valence-corrected chi connectivity index (χ0v) is 11.5. The maximum absolute atomic E-state index is 9.48. The maximum atomic E-state index is 9.48. The predicted molar refractivity (Wildman–Crippen MR) is 76.8 cm³/mol. The zero-order valence-electron chi connectivity index (χ0n) is 11.5. The van der Waals surface area contributed by atoms with E-state index in [4.69, 9.17) is 4.42 Å². The van der Waals surface area contributed by atoms with E-state index in [0.29, 0.717) is 0 Å². The lowest BCUT2D eigenvalue weighted by molar-refractivity contribution is 0.199. The second-order valence-corrected chi connectivity index (χ2v) is 4.74. The van der Waals surface area contributed by atoms with E-state index < -0.39 is 6.10 Å².